The zero-order chi connectivity index (χ0) is 16.8. The van der Waals surface area contributed by atoms with Crippen LogP contribution in [0.15, 0.2) is 35.7 Å². The van der Waals surface area contributed by atoms with E-state index in [1.165, 1.54) is 35.6 Å². The Labute approximate surface area is 137 Å². The number of benzene rings is 1. The van der Waals surface area contributed by atoms with Gasteiger partial charge in [-0.2, -0.15) is 0 Å². The second-order valence-electron chi connectivity index (χ2n) is 5.06. The van der Waals surface area contributed by atoms with Crippen LogP contribution in [0.1, 0.15) is 11.3 Å². The Morgan fingerprint density at radius 2 is 2.26 bits per heavy atom. The van der Waals surface area contributed by atoms with Crippen LogP contribution in [-0.2, 0) is 11.3 Å². The van der Waals surface area contributed by atoms with E-state index in [1.807, 2.05) is 24.4 Å². The number of hydrogen-bond acceptors (Lipinski definition) is 6. The number of nitro benzene ring substituents is 1. The molecular weight excluding hydrogens is 316 g/mol. The van der Waals surface area contributed by atoms with Crippen molar-refractivity contribution in [3.63, 3.8) is 0 Å². The Morgan fingerprint density at radius 3 is 2.96 bits per heavy atom. The molecule has 0 saturated carbocycles. The van der Waals surface area contributed by atoms with Crippen molar-refractivity contribution >= 4 is 34.1 Å². The van der Waals surface area contributed by atoms with Crippen molar-refractivity contribution in [1.29, 1.82) is 0 Å². The van der Waals surface area contributed by atoms with E-state index in [9.17, 15) is 14.9 Å². The summed E-state index contributed by atoms with van der Waals surface area (Å²) < 4.78 is 0. The van der Waals surface area contributed by atoms with E-state index in [-0.39, 0.29) is 11.6 Å². The fraction of sp³-hybridized carbons (Fsp3) is 0.200. The van der Waals surface area contributed by atoms with Crippen molar-refractivity contribution in [1.82, 2.24) is 9.88 Å². The Bertz CT molecular complexity index is 740. The third-order valence-corrected chi connectivity index (χ3v) is 3.57. The fourth-order valence-electron chi connectivity index (χ4n) is 1.82. The largest absolute Gasteiger partial charge is 0.304 e. The van der Waals surface area contributed by atoms with Gasteiger partial charge in [-0.05, 0) is 25.7 Å². The number of nitrogens with one attached hydrogen (secondary N) is 1. The maximum Gasteiger partial charge on any atom is 0.270 e. The van der Waals surface area contributed by atoms with Crippen LogP contribution < -0.4 is 5.32 Å². The summed E-state index contributed by atoms with van der Waals surface area (Å²) in [6.45, 7) is 0.704. The Kier molecular flexibility index (Phi) is 5.56. The molecule has 0 atom stereocenters. The molecule has 1 aromatic carbocycles. The number of rotatable bonds is 6. The summed E-state index contributed by atoms with van der Waals surface area (Å²) in [5, 5.41) is 15.8. The normalized spacial score (nSPS) is 11.1. The first-order valence-electron chi connectivity index (χ1n) is 6.76. The monoisotopic (exact) mass is 332 g/mol. The molecule has 0 spiro atoms. The third kappa shape index (κ3) is 5.28. The molecule has 1 heterocycles. The topological polar surface area (TPSA) is 88.4 Å². The quantitative estimate of drug-likeness (QED) is 0.499. The maximum atomic E-state index is 11.9. The first-order valence-corrected chi connectivity index (χ1v) is 7.64. The second kappa shape index (κ2) is 7.61. The number of carbonyl (C=O) groups is 1. The average Bonchev–Trinajstić information content (AvgIpc) is 2.91. The van der Waals surface area contributed by atoms with Crippen LogP contribution in [0.4, 0.5) is 10.8 Å². The third-order valence-electron chi connectivity index (χ3n) is 2.77. The molecule has 0 aliphatic carbocycles. The van der Waals surface area contributed by atoms with Gasteiger partial charge in [0.25, 0.3) is 5.69 Å². The standard InChI is InChI=1S/C15H16N4O3S/c1-18(2)9-12-10-23-15(16-12)17-14(20)7-6-11-4-3-5-13(8-11)19(21)22/h3-8,10H,9H2,1-2H3,(H,16,17,20)/b7-6+. The number of nitrogens with zero attached hydrogens (tertiary/aromatic N) is 3. The van der Waals surface area contributed by atoms with Crippen molar-refractivity contribution in [2.45, 2.75) is 6.54 Å². The first-order chi connectivity index (χ1) is 10.9. The molecule has 0 unspecified atom stereocenters. The highest BCUT2D eigenvalue weighted by Gasteiger charge is 2.06. The number of carbonyl (C=O) groups excluding carboxylic acids is 1. The average molecular weight is 332 g/mol. The van der Waals surface area contributed by atoms with Gasteiger partial charge in [0.05, 0.1) is 10.6 Å². The highest BCUT2D eigenvalue weighted by atomic mass is 32.1. The van der Waals surface area contributed by atoms with Gasteiger partial charge in [-0.3, -0.25) is 20.2 Å². The van der Waals surface area contributed by atoms with Crippen LogP contribution in [0.3, 0.4) is 0 Å². The summed E-state index contributed by atoms with van der Waals surface area (Å²) in [4.78, 5) is 28.4. The van der Waals surface area contributed by atoms with Gasteiger partial charge < -0.3 is 4.90 Å². The molecule has 1 aromatic heterocycles. The van der Waals surface area contributed by atoms with Gasteiger partial charge in [0, 0.05) is 30.1 Å². The number of non-ortho nitro benzene ring substituents is 1. The van der Waals surface area contributed by atoms with Crippen molar-refractivity contribution < 1.29 is 9.72 Å². The van der Waals surface area contributed by atoms with Gasteiger partial charge in [-0.1, -0.05) is 12.1 Å². The molecule has 120 valence electrons. The lowest BCUT2D eigenvalue weighted by Gasteiger charge is -2.05. The molecule has 1 amide bonds. The lowest BCUT2D eigenvalue weighted by molar-refractivity contribution is -0.384. The molecule has 2 rings (SSSR count). The number of amides is 1. The molecule has 0 aliphatic rings. The summed E-state index contributed by atoms with van der Waals surface area (Å²) >= 11 is 1.35. The van der Waals surface area contributed by atoms with E-state index in [1.54, 1.807) is 12.1 Å². The fourth-order valence-corrected chi connectivity index (χ4v) is 2.53. The van der Waals surface area contributed by atoms with Crippen LogP contribution in [0.2, 0.25) is 0 Å². The van der Waals surface area contributed by atoms with Crippen LogP contribution in [0.5, 0.6) is 0 Å². The minimum absolute atomic E-state index is 0.0131. The predicted octanol–water partition coefficient (Wildman–Crippen LogP) is 2.76. The lowest BCUT2D eigenvalue weighted by Crippen LogP contribution is -2.11. The number of anilines is 1. The molecule has 0 radical (unpaired) electrons. The van der Waals surface area contributed by atoms with E-state index in [4.69, 9.17) is 0 Å². The molecule has 7 nitrogen and oxygen atoms in total. The van der Waals surface area contributed by atoms with E-state index in [0.29, 0.717) is 17.2 Å². The second-order valence-corrected chi connectivity index (χ2v) is 5.91. The zero-order valence-corrected chi connectivity index (χ0v) is 13.5. The number of nitro groups is 1. The smallest absolute Gasteiger partial charge is 0.270 e. The zero-order valence-electron chi connectivity index (χ0n) is 12.7. The summed E-state index contributed by atoms with van der Waals surface area (Å²) in [6, 6.07) is 6.07. The summed E-state index contributed by atoms with van der Waals surface area (Å²) in [5.41, 5.74) is 1.46. The van der Waals surface area contributed by atoms with Gasteiger partial charge in [-0.15, -0.1) is 11.3 Å². The molecule has 0 aliphatic heterocycles. The Hall–Kier alpha value is -2.58. The van der Waals surface area contributed by atoms with E-state index >= 15 is 0 Å². The minimum atomic E-state index is -0.473. The van der Waals surface area contributed by atoms with Gasteiger partial charge in [0.15, 0.2) is 5.13 Å². The van der Waals surface area contributed by atoms with Gasteiger partial charge in [-0.25, -0.2) is 4.98 Å². The van der Waals surface area contributed by atoms with Crippen molar-refractivity contribution in [3.05, 3.63) is 57.1 Å². The number of thiazole rings is 1. The van der Waals surface area contributed by atoms with Crippen LogP contribution >= 0.6 is 11.3 Å². The van der Waals surface area contributed by atoms with Gasteiger partial charge >= 0.3 is 0 Å². The maximum absolute atomic E-state index is 11.9. The summed E-state index contributed by atoms with van der Waals surface area (Å²) in [7, 11) is 3.89. The van der Waals surface area contributed by atoms with E-state index < -0.39 is 4.92 Å². The van der Waals surface area contributed by atoms with Gasteiger partial charge in [0.1, 0.15) is 0 Å². The SMILES string of the molecule is CN(C)Cc1csc(NC(=O)/C=C/c2cccc([N+](=O)[O-])c2)n1. The first kappa shape index (κ1) is 16.8. The number of hydrogen-bond donors (Lipinski definition) is 1. The lowest BCUT2D eigenvalue weighted by atomic mass is 10.2. The predicted molar refractivity (Wildman–Crippen MR) is 90.3 cm³/mol. The molecule has 2 aromatic rings. The molecule has 0 saturated heterocycles. The highest BCUT2D eigenvalue weighted by molar-refractivity contribution is 7.13. The van der Waals surface area contributed by atoms with Crippen LogP contribution in [0.25, 0.3) is 6.08 Å². The minimum Gasteiger partial charge on any atom is -0.304 e. The van der Waals surface area contributed by atoms with E-state index in [0.717, 1.165) is 5.69 Å². The van der Waals surface area contributed by atoms with Crippen molar-refractivity contribution in [2.24, 2.45) is 0 Å². The molecule has 23 heavy (non-hydrogen) atoms. The van der Waals surface area contributed by atoms with Gasteiger partial charge in [0.2, 0.25) is 5.91 Å². The molecule has 0 fully saturated rings. The highest BCUT2D eigenvalue weighted by Crippen LogP contribution is 2.17. The van der Waals surface area contributed by atoms with Crippen molar-refractivity contribution in [3.8, 4) is 0 Å². The Balaban J connectivity index is 1.97. The van der Waals surface area contributed by atoms with Crippen LogP contribution in [0, 0.1) is 10.1 Å². The summed E-state index contributed by atoms with van der Waals surface area (Å²) in [5.74, 6) is -0.331. The molecule has 1 N–H and O–H groups in total. The summed E-state index contributed by atoms with van der Waals surface area (Å²) in [6.07, 6.45) is 2.85. The molecule has 0 bridgehead atoms. The van der Waals surface area contributed by atoms with Crippen molar-refractivity contribution in [2.75, 3.05) is 19.4 Å². The van der Waals surface area contributed by atoms with Crippen LogP contribution in [-0.4, -0.2) is 34.8 Å². The Morgan fingerprint density at radius 1 is 1.48 bits per heavy atom. The number of aromatic nitrogens is 1. The molecule has 8 heteroatoms. The van der Waals surface area contributed by atoms with E-state index in [2.05, 4.69) is 10.3 Å². The molecular formula is C15H16N4O3S.